The Bertz CT molecular complexity index is 1020. The Labute approximate surface area is 168 Å². The van der Waals surface area contributed by atoms with E-state index in [0.29, 0.717) is 24.2 Å². The lowest BCUT2D eigenvalue weighted by Crippen LogP contribution is -2.52. The second kappa shape index (κ2) is 7.05. The van der Waals surface area contributed by atoms with E-state index in [1.165, 1.54) is 0 Å². The highest BCUT2D eigenvalue weighted by atomic mass is 35.5. The van der Waals surface area contributed by atoms with Crippen LogP contribution in [0.25, 0.3) is 22.2 Å². The van der Waals surface area contributed by atoms with E-state index in [4.69, 9.17) is 16.3 Å². The van der Waals surface area contributed by atoms with Gasteiger partial charge in [-0.2, -0.15) is 5.10 Å². The van der Waals surface area contributed by atoms with Crippen molar-refractivity contribution < 1.29 is 9.53 Å². The van der Waals surface area contributed by atoms with Gasteiger partial charge in [0.25, 0.3) is 0 Å². The Hall–Kier alpha value is -2.67. The van der Waals surface area contributed by atoms with Crippen LogP contribution in [0.3, 0.4) is 0 Å². The minimum absolute atomic E-state index is 0.252. The van der Waals surface area contributed by atoms with Crippen molar-refractivity contribution in [2.24, 2.45) is 5.92 Å². The summed E-state index contributed by atoms with van der Waals surface area (Å²) in [4.78, 5) is 22.5. The van der Waals surface area contributed by atoms with Crippen LogP contribution in [-0.2, 0) is 11.3 Å². The minimum Gasteiger partial charge on any atom is -0.444 e. The van der Waals surface area contributed by atoms with Crippen LogP contribution < -0.4 is 0 Å². The lowest BCUT2D eigenvalue weighted by Gasteiger charge is -2.39. The predicted molar refractivity (Wildman–Crippen MR) is 107 cm³/mol. The fourth-order valence-electron chi connectivity index (χ4n) is 3.18. The average Bonchev–Trinajstić information content (AvgIpc) is 3.04. The molecule has 1 saturated heterocycles. The molecule has 8 heteroatoms. The molecule has 0 spiro atoms. The maximum atomic E-state index is 12.0. The molecule has 0 aromatic carbocycles. The Morgan fingerprint density at radius 1 is 1.21 bits per heavy atom. The monoisotopic (exact) mass is 399 g/mol. The van der Waals surface area contributed by atoms with Gasteiger partial charge in [0.2, 0.25) is 0 Å². The lowest BCUT2D eigenvalue weighted by molar-refractivity contribution is -0.00383. The van der Waals surface area contributed by atoms with Gasteiger partial charge < -0.3 is 9.64 Å². The van der Waals surface area contributed by atoms with Crippen molar-refractivity contribution in [1.82, 2.24) is 24.6 Å². The molecule has 4 rings (SSSR count). The van der Waals surface area contributed by atoms with Crippen LogP contribution in [0, 0.1) is 5.92 Å². The molecule has 1 aliphatic rings. The van der Waals surface area contributed by atoms with Gasteiger partial charge in [-0.1, -0.05) is 11.6 Å². The van der Waals surface area contributed by atoms with E-state index in [-0.39, 0.29) is 6.09 Å². The van der Waals surface area contributed by atoms with Gasteiger partial charge in [0.15, 0.2) is 0 Å². The molecule has 146 valence electrons. The highest BCUT2D eigenvalue weighted by molar-refractivity contribution is 6.29. The van der Waals surface area contributed by atoms with Crippen LogP contribution in [-0.4, -0.2) is 49.4 Å². The van der Waals surface area contributed by atoms with Gasteiger partial charge >= 0.3 is 6.09 Å². The number of nitrogens with zero attached hydrogens (tertiary/aromatic N) is 5. The number of carbonyl (C=O) groups excluding carboxylic acids is 1. The standard InChI is InChI=1S/C20H22ClN5O2/c1-20(2,3)28-19(27)25-9-13(10-25)11-26-12-15(8-23-26)14-6-17-16(22-7-14)4-5-18(21)24-17/h4-8,12-13H,9-11H2,1-3H3. The first-order chi connectivity index (χ1) is 13.3. The van der Waals surface area contributed by atoms with Gasteiger partial charge in [-0.05, 0) is 39.0 Å². The first kappa shape index (κ1) is 18.7. The molecule has 0 atom stereocenters. The van der Waals surface area contributed by atoms with Crippen LogP contribution in [0.1, 0.15) is 20.8 Å². The molecule has 0 saturated carbocycles. The number of likely N-dealkylation sites (tertiary alicyclic amines) is 1. The molecular weight excluding hydrogens is 378 g/mol. The maximum Gasteiger partial charge on any atom is 0.410 e. The SMILES string of the molecule is CC(C)(C)OC(=O)N1CC(Cn2cc(-c3cnc4ccc(Cl)nc4c3)cn2)C1. The second-order valence-corrected chi connectivity index (χ2v) is 8.49. The number of fused-ring (bicyclic) bond motifs is 1. The van der Waals surface area contributed by atoms with Gasteiger partial charge in [-0.25, -0.2) is 9.78 Å². The lowest BCUT2D eigenvalue weighted by atomic mass is 10.0. The molecule has 0 N–H and O–H groups in total. The summed E-state index contributed by atoms with van der Waals surface area (Å²) < 4.78 is 7.29. The number of ether oxygens (including phenoxy) is 1. The number of amides is 1. The van der Waals surface area contributed by atoms with Crippen molar-refractivity contribution in [3.8, 4) is 11.1 Å². The number of pyridine rings is 2. The molecule has 0 radical (unpaired) electrons. The highest BCUT2D eigenvalue weighted by Crippen LogP contribution is 2.24. The Kier molecular flexibility index (Phi) is 4.71. The highest BCUT2D eigenvalue weighted by Gasteiger charge is 2.33. The van der Waals surface area contributed by atoms with Gasteiger partial charge in [-0.15, -0.1) is 0 Å². The molecule has 3 aromatic rings. The van der Waals surface area contributed by atoms with Crippen molar-refractivity contribution >= 4 is 28.7 Å². The van der Waals surface area contributed by atoms with E-state index < -0.39 is 5.60 Å². The van der Waals surface area contributed by atoms with Crippen molar-refractivity contribution in [1.29, 1.82) is 0 Å². The molecule has 0 bridgehead atoms. The van der Waals surface area contributed by atoms with Crippen LogP contribution in [0.15, 0.2) is 36.8 Å². The third kappa shape index (κ3) is 4.09. The number of halogens is 1. The zero-order valence-corrected chi connectivity index (χ0v) is 16.8. The van der Waals surface area contributed by atoms with Crippen LogP contribution >= 0.6 is 11.6 Å². The Balaban J connectivity index is 1.39. The molecule has 0 aliphatic carbocycles. The largest absolute Gasteiger partial charge is 0.444 e. The fourth-order valence-corrected chi connectivity index (χ4v) is 3.33. The summed E-state index contributed by atoms with van der Waals surface area (Å²) in [7, 11) is 0. The number of hydrogen-bond acceptors (Lipinski definition) is 5. The number of aromatic nitrogens is 4. The topological polar surface area (TPSA) is 73.1 Å². The normalized spacial score (nSPS) is 14.9. The Morgan fingerprint density at radius 3 is 2.75 bits per heavy atom. The van der Waals surface area contributed by atoms with Crippen molar-refractivity contribution in [3.63, 3.8) is 0 Å². The summed E-state index contributed by atoms with van der Waals surface area (Å²) in [5.74, 6) is 0.371. The van der Waals surface area contributed by atoms with E-state index >= 15 is 0 Å². The summed E-state index contributed by atoms with van der Waals surface area (Å²) in [6, 6.07) is 5.54. The predicted octanol–water partition coefficient (Wildman–Crippen LogP) is 4.01. The molecule has 0 unspecified atom stereocenters. The second-order valence-electron chi connectivity index (χ2n) is 8.10. The molecule has 1 fully saturated rings. The van der Waals surface area contributed by atoms with Crippen molar-refractivity contribution in [3.05, 3.63) is 41.9 Å². The van der Waals surface area contributed by atoms with Crippen LogP contribution in [0.2, 0.25) is 5.15 Å². The molecule has 28 heavy (non-hydrogen) atoms. The smallest absolute Gasteiger partial charge is 0.410 e. The quantitative estimate of drug-likeness (QED) is 0.622. The third-order valence-electron chi connectivity index (χ3n) is 4.52. The summed E-state index contributed by atoms with van der Waals surface area (Å²) in [6.45, 7) is 7.74. The van der Waals surface area contributed by atoms with Gasteiger partial charge in [0, 0.05) is 49.1 Å². The van der Waals surface area contributed by atoms with E-state index in [1.54, 1.807) is 11.0 Å². The molecule has 3 aromatic heterocycles. The van der Waals surface area contributed by atoms with E-state index in [9.17, 15) is 4.79 Å². The molecule has 4 heterocycles. The first-order valence-electron chi connectivity index (χ1n) is 9.20. The van der Waals surface area contributed by atoms with E-state index in [1.807, 2.05) is 56.2 Å². The number of rotatable bonds is 3. The molecule has 1 aliphatic heterocycles. The van der Waals surface area contributed by atoms with Gasteiger partial charge in [-0.3, -0.25) is 9.67 Å². The van der Waals surface area contributed by atoms with E-state index in [0.717, 1.165) is 28.7 Å². The van der Waals surface area contributed by atoms with Crippen molar-refractivity contribution in [2.75, 3.05) is 13.1 Å². The minimum atomic E-state index is -0.466. The number of hydrogen-bond donors (Lipinski definition) is 0. The summed E-state index contributed by atoms with van der Waals surface area (Å²) in [5.41, 5.74) is 3.01. The average molecular weight is 400 g/mol. The summed E-state index contributed by atoms with van der Waals surface area (Å²) >= 11 is 5.98. The van der Waals surface area contributed by atoms with E-state index in [2.05, 4.69) is 15.1 Å². The maximum absolute atomic E-state index is 12.0. The summed E-state index contributed by atoms with van der Waals surface area (Å²) in [6.07, 6.45) is 5.37. The number of carbonyl (C=O) groups is 1. The fraction of sp³-hybridized carbons (Fsp3) is 0.400. The van der Waals surface area contributed by atoms with Gasteiger partial charge in [0.1, 0.15) is 10.8 Å². The molecule has 7 nitrogen and oxygen atoms in total. The van der Waals surface area contributed by atoms with Crippen molar-refractivity contribution in [2.45, 2.75) is 32.9 Å². The van der Waals surface area contributed by atoms with Gasteiger partial charge in [0.05, 0.1) is 17.2 Å². The molecule has 1 amide bonds. The Morgan fingerprint density at radius 2 is 2.00 bits per heavy atom. The zero-order valence-electron chi connectivity index (χ0n) is 16.1. The zero-order chi connectivity index (χ0) is 19.9. The van der Waals surface area contributed by atoms with Crippen LogP contribution in [0.4, 0.5) is 4.79 Å². The molecular formula is C20H22ClN5O2. The first-order valence-corrected chi connectivity index (χ1v) is 9.58. The summed E-state index contributed by atoms with van der Waals surface area (Å²) in [5, 5.41) is 4.90. The third-order valence-corrected chi connectivity index (χ3v) is 4.73. The van der Waals surface area contributed by atoms with Crippen LogP contribution in [0.5, 0.6) is 0 Å².